The number of hydrogen-bond donors (Lipinski definition) is 2. The Morgan fingerprint density at radius 2 is 2.00 bits per heavy atom. The minimum Gasteiger partial charge on any atom is -0.412 e. The average Bonchev–Trinajstić information content (AvgIpc) is 2.50. The molecule has 0 aliphatic carbocycles. The lowest BCUT2D eigenvalue weighted by Gasteiger charge is -1.94. The van der Waals surface area contributed by atoms with Gasteiger partial charge in [-0.05, 0) is 17.7 Å². The number of nitrogens with zero attached hydrogens (tertiary/aromatic N) is 1. The second kappa shape index (κ2) is 6.62. The molecule has 1 aromatic heterocycles. The summed E-state index contributed by atoms with van der Waals surface area (Å²) in [7, 11) is 0. The third-order valence-electron chi connectivity index (χ3n) is 1.74. The molecular formula is C8H13Cl2N3O. The Morgan fingerprint density at radius 1 is 1.29 bits per heavy atom. The van der Waals surface area contributed by atoms with E-state index in [4.69, 9.17) is 5.73 Å². The van der Waals surface area contributed by atoms with Crippen LogP contribution in [0.5, 0.6) is 0 Å². The van der Waals surface area contributed by atoms with Gasteiger partial charge in [-0.3, -0.25) is 5.10 Å². The highest BCUT2D eigenvalue weighted by Gasteiger charge is 1.94. The van der Waals surface area contributed by atoms with Crippen molar-refractivity contribution < 1.29 is 5.48 Å². The maximum atomic E-state index is 5.48. The van der Waals surface area contributed by atoms with Crippen molar-refractivity contribution >= 4 is 35.7 Å². The Labute approximate surface area is 94.0 Å². The third kappa shape index (κ3) is 2.85. The van der Waals surface area contributed by atoms with E-state index < -0.39 is 0 Å². The summed E-state index contributed by atoms with van der Waals surface area (Å²) in [6, 6.07) is 6.03. The largest absolute Gasteiger partial charge is 0.412 e. The predicted octanol–water partition coefficient (Wildman–Crippen LogP) is 1.04. The Balaban J connectivity index is 0. The number of H-pyrrole nitrogens is 1. The standard InChI is InChI=1S/C8H9N3.2ClH.H2O/c9-4-6-1-2-8-7(3-6)5-10-11-8;;;/h1-3,5H,4,9H2,(H,10,11);2*1H;1H2. The molecule has 5 N–H and O–H groups in total. The molecule has 0 aliphatic rings. The lowest BCUT2D eigenvalue weighted by Crippen LogP contribution is -1.94. The van der Waals surface area contributed by atoms with Gasteiger partial charge in [-0.1, -0.05) is 6.07 Å². The fourth-order valence-corrected chi connectivity index (χ4v) is 1.12. The molecular weight excluding hydrogens is 225 g/mol. The molecule has 0 aliphatic heterocycles. The second-order valence-corrected chi connectivity index (χ2v) is 2.50. The van der Waals surface area contributed by atoms with Gasteiger partial charge in [0.25, 0.3) is 0 Å². The SMILES string of the molecule is Cl.Cl.NCc1ccc2[nH]ncc2c1.O. The van der Waals surface area contributed by atoms with Gasteiger partial charge >= 0.3 is 0 Å². The van der Waals surface area contributed by atoms with Crippen molar-refractivity contribution in [2.75, 3.05) is 0 Å². The van der Waals surface area contributed by atoms with Crippen molar-refractivity contribution in [3.05, 3.63) is 30.0 Å². The number of nitrogens with one attached hydrogen (secondary N) is 1. The third-order valence-corrected chi connectivity index (χ3v) is 1.74. The molecule has 0 unspecified atom stereocenters. The first kappa shape index (κ1) is 15.7. The van der Waals surface area contributed by atoms with Crippen molar-refractivity contribution in [3.63, 3.8) is 0 Å². The number of halogens is 2. The maximum absolute atomic E-state index is 5.48. The van der Waals surface area contributed by atoms with Crippen molar-refractivity contribution in [1.82, 2.24) is 10.2 Å². The lowest BCUT2D eigenvalue weighted by molar-refractivity contribution is 0.824. The Morgan fingerprint density at radius 3 is 2.64 bits per heavy atom. The number of rotatable bonds is 1. The molecule has 4 nitrogen and oxygen atoms in total. The van der Waals surface area contributed by atoms with Gasteiger partial charge in [0.1, 0.15) is 0 Å². The lowest BCUT2D eigenvalue weighted by atomic mass is 10.2. The Bertz CT molecular complexity index is 377. The first-order valence-corrected chi connectivity index (χ1v) is 3.52. The van der Waals surface area contributed by atoms with Gasteiger partial charge in [-0.15, -0.1) is 24.8 Å². The summed E-state index contributed by atoms with van der Waals surface area (Å²) in [5.74, 6) is 0. The monoisotopic (exact) mass is 237 g/mol. The molecule has 6 heteroatoms. The van der Waals surface area contributed by atoms with Crippen molar-refractivity contribution in [2.24, 2.45) is 5.73 Å². The van der Waals surface area contributed by atoms with E-state index in [0.717, 1.165) is 16.5 Å². The first-order valence-electron chi connectivity index (χ1n) is 3.52. The molecule has 0 saturated carbocycles. The molecule has 0 saturated heterocycles. The summed E-state index contributed by atoms with van der Waals surface area (Å²) in [5, 5.41) is 7.91. The molecule has 0 radical (unpaired) electrons. The topological polar surface area (TPSA) is 86.2 Å². The number of nitrogens with two attached hydrogens (primary N) is 1. The van der Waals surface area contributed by atoms with Gasteiger partial charge in [-0.2, -0.15) is 5.10 Å². The summed E-state index contributed by atoms with van der Waals surface area (Å²) in [4.78, 5) is 0. The molecule has 0 fully saturated rings. The number of aromatic amines is 1. The molecule has 2 aromatic rings. The molecule has 1 aromatic carbocycles. The molecule has 0 bridgehead atoms. The highest BCUT2D eigenvalue weighted by Crippen LogP contribution is 2.11. The van der Waals surface area contributed by atoms with Crippen LogP contribution in [0.3, 0.4) is 0 Å². The normalized spacial score (nSPS) is 8.36. The number of fused-ring (bicyclic) bond motifs is 1. The van der Waals surface area contributed by atoms with Gasteiger partial charge in [-0.25, -0.2) is 0 Å². The Kier molecular flexibility index (Phi) is 7.40. The van der Waals surface area contributed by atoms with Gasteiger partial charge in [0.05, 0.1) is 11.7 Å². The van der Waals surface area contributed by atoms with Crippen molar-refractivity contribution in [1.29, 1.82) is 0 Å². The summed E-state index contributed by atoms with van der Waals surface area (Å²) < 4.78 is 0. The number of hydrogen-bond acceptors (Lipinski definition) is 2. The second-order valence-electron chi connectivity index (χ2n) is 2.50. The zero-order chi connectivity index (χ0) is 7.68. The highest BCUT2D eigenvalue weighted by atomic mass is 35.5. The van der Waals surface area contributed by atoms with E-state index in [1.54, 1.807) is 6.20 Å². The minimum atomic E-state index is 0. The van der Waals surface area contributed by atoms with Gasteiger partial charge in [0.15, 0.2) is 0 Å². The van der Waals surface area contributed by atoms with Gasteiger partial charge in [0.2, 0.25) is 0 Å². The molecule has 80 valence electrons. The van der Waals surface area contributed by atoms with Crippen LogP contribution in [0.2, 0.25) is 0 Å². The fraction of sp³-hybridized carbons (Fsp3) is 0.125. The summed E-state index contributed by atoms with van der Waals surface area (Å²) in [6.07, 6.45) is 1.80. The fourth-order valence-electron chi connectivity index (χ4n) is 1.12. The molecule has 0 atom stereocenters. The van der Waals surface area contributed by atoms with Crippen LogP contribution in [0.25, 0.3) is 10.9 Å². The minimum absolute atomic E-state index is 0. The van der Waals surface area contributed by atoms with Crippen molar-refractivity contribution in [3.8, 4) is 0 Å². The molecule has 0 amide bonds. The van der Waals surface area contributed by atoms with E-state index in [-0.39, 0.29) is 30.3 Å². The van der Waals surface area contributed by atoms with Crippen LogP contribution in [0.4, 0.5) is 0 Å². The van der Waals surface area contributed by atoms with E-state index in [2.05, 4.69) is 10.2 Å². The molecule has 1 heterocycles. The van der Waals surface area contributed by atoms with Crippen LogP contribution in [-0.4, -0.2) is 15.7 Å². The van der Waals surface area contributed by atoms with Crippen LogP contribution in [0, 0.1) is 0 Å². The molecule has 14 heavy (non-hydrogen) atoms. The van der Waals surface area contributed by atoms with Crippen LogP contribution >= 0.6 is 24.8 Å². The zero-order valence-corrected chi connectivity index (χ0v) is 8.99. The van der Waals surface area contributed by atoms with Crippen LogP contribution in [-0.2, 0) is 6.54 Å². The molecule has 0 spiro atoms. The predicted molar refractivity (Wildman–Crippen MR) is 62.1 cm³/mol. The molecule has 2 rings (SSSR count). The van der Waals surface area contributed by atoms with Crippen LogP contribution in [0.15, 0.2) is 24.4 Å². The quantitative estimate of drug-likeness (QED) is 0.777. The summed E-state index contributed by atoms with van der Waals surface area (Å²) in [5.41, 5.74) is 7.67. The van der Waals surface area contributed by atoms with E-state index >= 15 is 0 Å². The number of benzene rings is 1. The Hall–Kier alpha value is -0.810. The number of aromatic nitrogens is 2. The van der Waals surface area contributed by atoms with Crippen molar-refractivity contribution in [2.45, 2.75) is 6.54 Å². The average molecular weight is 238 g/mol. The first-order chi connectivity index (χ1) is 5.40. The summed E-state index contributed by atoms with van der Waals surface area (Å²) in [6.45, 7) is 0.584. The summed E-state index contributed by atoms with van der Waals surface area (Å²) >= 11 is 0. The smallest absolute Gasteiger partial charge is 0.0650 e. The zero-order valence-electron chi connectivity index (χ0n) is 7.36. The van der Waals surface area contributed by atoms with E-state index in [0.29, 0.717) is 6.54 Å². The highest BCUT2D eigenvalue weighted by molar-refractivity contribution is 5.85. The maximum Gasteiger partial charge on any atom is 0.0650 e. The van der Waals surface area contributed by atoms with Gasteiger partial charge < -0.3 is 11.2 Å². The van der Waals surface area contributed by atoms with E-state index in [1.165, 1.54) is 0 Å². The van der Waals surface area contributed by atoms with Gasteiger partial charge in [0, 0.05) is 11.9 Å². The van der Waals surface area contributed by atoms with E-state index in [1.807, 2.05) is 18.2 Å². The van der Waals surface area contributed by atoms with Crippen LogP contribution < -0.4 is 5.73 Å². The van der Waals surface area contributed by atoms with E-state index in [9.17, 15) is 0 Å². The van der Waals surface area contributed by atoms with Crippen LogP contribution in [0.1, 0.15) is 5.56 Å².